The molecule has 0 N–H and O–H groups in total. The minimum absolute atomic E-state index is 0.912. The van der Waals surface area contributed by atoms with Gasteiger partial charge in [-0.05, 0) is 107 Å². The predicted octanol–water partition coefficient (Wildman–Crippen LogP) is 13.2. The Balaban J connectivity index is 1.29. The summed E-state index contributed by atoms with van der Waals surface area (Å²) in [7, 11) is 0. The van der Waals surface area contributed by atoms with Crippen molar-refractivity contribution < 1.29 is 4.42 Å². The molecule has 1 heteroatoms. The van der Waals surface area contributed by atoms with E-state index >= 15 is 0 Å². The first-order valence-electron chi connectivity index (χ1n) is 16.2. The van der Waals surface area contributed by atoms with Crippen LogP contribution in [0.15, 0.2) is 174 Å². The SMILES string of the molecule is c1ccc(-c2cc(-c3c4ccccc4c(-c4ccc5oc6ccc7ccccc7c6c5c4)c4ccccc34)cc3ccccc23)cc1. The van der Waals surface area contributed by atoms with Gasteiger partial charge in [0.15, 0.2) is 0 Å². The number of furan rings is 1. The van der Waals surface area contributed by atoms with Gasteiger partial charge in [-0.15, -0.1) is 0 Å². The third-order valence-electron chi connectivity index (χ3n) is 9.82. The van der Waals surface area contributed by atoms with Gasteiger partial charge in [0.1, 0.15) is 11.2 Å². The molecule has 1 aromatic heterocycles. The number of benzene rings is 9. The Hall–Kier alpha value is -6.18. The zero-order chi connectivity index (χ0) is 30.9. The first kappa shape index (κ1) is 26.1. The van der Waals surface area contributed by atoms with Gasteiger partial charge < -0.3 is 4.42 Å². The Morgan fingerprint density at radius 1 is 0.298 bits per heavy atom. The molecule has 9 aromatic carbocycles. The summed E-state index contributed by atoms with van der Waals surface area (Å²) < 4.78 is 6.39. The highest BCUT2D eigenvalue weighted by molar-refractivity contribution is 6.24. The van der Waals surface area contributed by atoms with Crippen molar-refractivity contribution >= 4 is 65.0 Å². The average Bonchev–Trinajstić information content (AvgIpc) is 3.52. The second kappa shape index (κ2) is 10.2. The molecule has 0 radical (unpaired) electrons. The molecule has 10 aromatic rings. The van der Waals surface area contributed by atoms with Gasteiger partial charge in [-0.3, -0.25) is 0 Å². The van der Waals surface area contributed by atoms with Crippen molar-refractivity contribution in [3.05, 3.63) is 170 Å². The molecule has 218 valence electrons. The largest absolute Gasteiger partial charge is 0.456 e. The Kier molecular flexibility index (Phi) is 5.64. The predicted molar refractivity (Wildman–Crippen MR) is 200 cm³/mol. The van der Waals surface area contributed by atoms with Crippen LogP contribution in [-0.2, 0) is 0 Å². The highest BCUT2D eigenvalue weighted by Crippen LogP contribution is 2.46. The van der Waals surface area contributed by atoms with E-state index in [1.807, 2.05) is 0 Å². The van der Waals surface area contributed by atoms with Gasteiger partial charge in [-0.25, -0.2) is 0 Å². The Morgan fingerprint density at radius 2 is 0.851 bits per heavy atom. The molecular weight excluding hydrogens is 569 g/mol. The van der Waals surface area contributed by atoms with Crippen LogP contribution in [0, 0.1) is 0 Å². The van der Waals surface area contributed by atoms with Crippen LogP contribution in [0.3, 0.4) is 0 Å². The third kappa shape index (κ3) is 3.97. The standard InChI is InChI=1S/C46H28O/c1-2-12-29(13-3-1)40-28-33(26-31-15-5-6-16-34(31)40)45-38-20-10-8-18-36(38)44(37-19-9-11-21-39(37)45)32-23-24-42-41(27-32)46-35-17-7-4-14-30(35)22-25-43(46)47-42/h1-28H. The minimum Gasteiger partial charge on any atom is -0.456 e. The van der Waals surface area contributed by atoms with E-state index in [1.54, 1.807) is 0 Å². The first-order valence-corrected chi connectivity index (χ1v) is 16.2. The van der Waals surface area contributed by atoms with Crippen molar-refractivity contribution in [3.8, 4) is 33.4 Å². The smallest absolute Gasteiger partial charge is 0.136 e. The van der Waals surface area contributed by atoms with Crippen molar-refractivity contribution in [3.63, 3.8) is 0 Å². The number of rotatable bonds is 3. The van der Waals surface area contributed by atoms with Crippen molar-refractivity contribution in [2.45, 2.75) is 0 Å². The zero-order valence-corrected chi connectivity index (χ0v) is 25.6. The maximum atomic E-state index is 6.39. The number of hydrogen-bond donors (Lipinski definition) is 0. The Bertz CT molecular complexity index is 2780. The van der Waals surface area contributed by atoms with Gasteiger partial charge in [-0.2, -0.15) is 0 Å². The molecule has 10 rings (SSSR count). The number of hydrogen-bond acceptors (Lipinski definition) is 1. The Labute approximate surface area is 271 Å². The first-order chi connectivity index (χ1) is 23.3. The van der Waals surface area contributed by atoms with Crippen molar-refractivity contribution in [1.82, 2.24) is 0 Å². The minimum atomic E-state index is 0.912. The summed E-state index contributed by atoms with van der Waals surface area (Å²) in [6.07, 6.45) is 0. The monoisotopic (exact) mass is 596 g/mol. The summed E-state index contributed by atoms with van der Waals surface area (Å²) in [5.41, 5.74) is 9.25. The second-order valence-electron chi connectivity index (χ2n) is 12.4. The lowest BCUT2D eigenvalue weighted by atomic mass is 9.84. The molecular formula is C46H28O. The molecule has 0 saturated carbocycles. The molecule has 0 aliphatic carbocycles. The van der Waals surface area contributed by atoms with E-state index in [4.69, 9.17) is 4.42 Å². The maximum absolute atomic E-state index is 6.39. The van der Waals surface area contributed by atoms with Gasteiger partial charge in [0.05, 0.1) is 0 Å². The molecule has 0 atom stereocenters. The van der Waals surface area contributed by atoms with Crippen LogP contribution in [0.2, 0.25) is 0 Å². The summed E-state index contributed by atoms with van der Waals surface area (Å²) in [5.74, 6) is 0. The molecule has 0 unspecified atom stereocenters. The van der Waals surface area contributed by atoms with Crippen LogP contribution < -0.4 is 0 Å². The maximum Gasteiger partial charge on any atom is 0.136 e. The summed E-state index contributed by atoms with van der Waals surface area (Å²) in [6.45, 7) is 0. The summed E-state index contributed by atoms with van der Waals surface area (Å²) in [5, 5.41) is 12.3. The summed E-state index contributed by atoms with van der Waals surface area (Å²) in [6, 6.07) is 61.6. The fourth-order valence-electron chi connectivity index (χ4n) is 7.76. The molecule has 1 nitrogen and oxygen atoms in total. The van der Waals surface area contributed by atoms with Crippen molar-refractivity contribution in [2.75, 3.05) is 0 Å². The van der Waals surface area contributed by atoms with Gasteiger partial charge in [0.25, 0.3) is 0 Å². The molecule has 0 bridgehead atoms. The van der Waals surface area contributed by atoms with E-state index in [0.29, 0.717) is 0 Å². The molecule has 0 fully saturated rings. The summed E-state index contributed by atoms with van der Waals surface area (Å²) >= 11 is 0. The van der Waals surface area contributed by atoms with E-state index in [2.05, 4.69) is 170 Å². The lowest BCUT2D eigenvalue weighted by Crippen LogP contribution is -1.92. The fraction of sp³-hybridized carbons (Fsp3) is 0. The van der Waals surface area contributed by atoms with Gasteiger partial charge in [0.2, 0.25) is 0 Å². The van der Waals surface area contributed by atoms with Crippen LogP contribution in [-0.4, -0.2) is 0 Å². The van der Waals surface area contributed by atoms with Crippen molar-refractivity contribution in [2.24, 2.45) is 0 Å². The molecule has 0 saturated heterocycles. The lowest BCUT2D eigenvalue weighted by molar-refractivity contribution is 0.669. The summed E-state index contributed by atoms with van der Waals surface area (Å²) in [4.78, 5) is 0. The zero-order valence-electron chi connectivity index (χ0n) is 25.6. The molecule has 0 aliphatic rings. The van der Waals surface area contributed by atoms with E-state index < -0.39 is 0 Å². The van der Waals surface area contributed by atoms with Gasteiger partial charge in [-0.1, -0.05) is 140 Å². The Morgan fingerprint density at radius 3 is 1.55 bits per heavy atom. The fourth-order valence-corrected chi connectivity index (χ4v) is 7.76. The third-order valence-corrected chi connectivity index (χ3v) is 9.82. The molecule has 1 heterocycles. The van der Waals surface area contributed by atoms with Gasteiger partial charge >= 0.3 is 0 Å². The molecule has 0 amide bonds. The topological polar surface area (TPSA) is 13.1 Å². The van der Waals surface area contributed by atoms with Crippen LogP contribution in [0.25, 0.3) is 98.4 Å². The van der Waals surface area contributed by atoms with E-state index in [9.17, 15) is 0 Å². The van der Waals surface area contributed by atoms with E-state index in [0.717, 1.165) is 16.6 Å². The van der Waals surface area contributed by atoms with Crippen LogP contribution in [0.1, 0.15) is 0 Å². The highest BCUT2D eigenvalue weighted by atomic mass is 16.3. The van der Waals surface area contributed by atoms with E-state index in [1.165, 1.54) is 81.9 Å². The van der Waals surface area contributed by atoms with Crippen LogP contribution in [0.5, 0.6) is 0 Å². The molecule has 0 spiro atoms. The van der Waals surface area contributed by atoms with Crippen LogP contribution in [0.4, 0.5) is 0 Å². The lowest BCUT2D eigenvalue weighted by Gasteiger charge is -2.19. The molecule has 0 aliphatic heterocycles. The normalized spacial score (nSPS) is 11.8. The second-order valence-corrected chi connectivity index (χ2v) is 12.4. The number of fused-ring (bicyclic) bond motifs is 8. The van der Waals surface area contributed by atoms with Gasteiger partial charge in [0, 0.05) is 10.8 Å². The average molecular weight is 597 g/mol. The van der Waals surface area contributed by atoms with Crippen LogP contribution >= 0.6 is 0 Å². The highest BCUT2D eigenvalue weighted by Gasteiger charge is 2.19. The van der Waals surface area contributed by atoms with E-state index in [-0.39, 0.29) is 0 Å². The quantitative estimate of drug-likeness (QED) is 0.185. The van der Waals surface area contributed by atoms with Crippen molar-refractivity contribution in [1.29, 1.82) is 0 Å². The molecule has 47 heavy (non-hydrogen) atoms.